The molecule has 4 heteroatoms. The second-order valence-electron chi connectivity index (χ2n) is 2.49. The van der Waals surface area contributed by atoms with Gasteiger partial charge in [-0.15, -0.1) is 0 Å². The average molecular weight is 167 g/mol. The van der Waals surface area contributed by atoms with Crippen LogP contribution in [0, 0.1) is 0 Å². The first kappa shape index (κ1) is 8.67. The lowest BCUT2D eigenvalue weighted by molar-refractivity contribution is -0.120. The third-order valence-corrected chi connectivity index (χ3v) is 1.37. The van der Waals surface area contributed by atoms with Crippen LogP contribution < -0.4 is 5.32 Å². The zero-order chi connectivity index (χ0) is 9.14. The highest BCUT2D eigenvalue weighted by Crippen LogP contribution is 2.04. The molecule has 0 radical (unpaired) electrons. The number of ketones is 1. The van der Waals surface area contributed by atoms with Gasteiger partial charge >= 0.3 is 0 Å². The van der Waals surface area contributed by atoms with E-state index < -0.39 is 11.9 Å². The number of aliphatic hydroxyl groups excluding tert-OH is 1. The van der Waals surface area contributed by atoms with Crippen molar-refractivity contribution in [3.8, 4) is 0 Å². The third kappa shape index (κ3) is 2.03. The van der Waals surface area contributed by atoms with Crippen molar-refractivity contribution in [2.75, 3.05) is 0 Å². The van der Waals surface area contributed by atoms with E-state index in [0.29, 0.717) is 5.70 Å². The molecule has 1 aliphatic rings. The van der Waals surface area contributed by atoms with Gasteiger partial charge in [0.1, 0.15) is 6.10 Å². The molecule has 1 unspecified atom stereocenters. The number of nitrogens with one attached hydrogen (secondary N) is 1. The van der Waals surface area contributed by atoms with Crippen molar-refractivity contribution in [1.82, 2.24) is 5.32 Å². The zero-order valence-electron chi connectivity index (χ0n) is 6.57. The molecule has 0 aromatic rings. The van der Waals surface area contributed by atoms with Gasteiger partial charge in [0.2, 0.25) is 5.91 Å². The standard InChI is InChI=1S/C8H9NO3/c1-5(10)9-6-2-3-7(11)8(12)4-6/h2-4,7,11H,1H3,(H,9,10). The first-order valence-electron chi connectivity index (χ1n) is 3.49. The van der Waals surface area contributed by atoms with Crippen molar-refractivity contribution < 1.29 is 14.7 Å². The van der Waals surface area contributed by atoms with Gasteiger partial charge in [-0.3, -0.25) is 9.59 Å². The molecule has 0 heterocycles. The molecule has 4 nitrogen and oxygen atoms in total. The number of allylic oxidation sites excluding steroid dienone is 1. The van der Waals surface area contributed by atoms with Crippen LogP contribution in [0.2, 0.25) is 0 Å². The smallest absolute Gasteiger partial charge is 0.221 e. The average Bonchev–Trinajstić information content (AvgIpc) is 1.96. The number of hydrogen-bond donors (Lipinski definition) is 2. The van der Waals surface area contributed by atoms with Crippen molar-refractivity contribution >= 4 is 11.7 Å². The van der Waals surface area contributed by atoms with E-state index in [-0.39, 0.29) is 5.91 Å². The van der Waals surface area contributed by atoms with Crippen LogP contribution in [0.15, 0.2) is 23.9 Å². The summed E-state index contributed by atoms with van der Waals surface area (Å²) in [6, 6.07) is 0. The second kappa shape index (κ2) is 3.32. The molecular formula is C8H9NO3. The van der Waals surface area contributed by atoms with E-state index in [9.17, 15) is 9.59 Å². The fourth-order valence-corrected chi connectivity index (χ4v) is 0.857. The minimum Gasteiger partial charge on any atom is -0.381 e. The maximum absolute atomic E-state index is 10.9. The lowest BCUT2D eigenvalue weighted by atomic mass is 10.1. The highest BCUT2D eigenvalue weighted by atomic mass is 16.3. The molecule has 0 saturated carbocycles. The lowest BCUT2D eigenvalue weighted by Crippen LogP contribution is -2.25. The third-order valence-electron chi connectivity index (χ3n) is 1.37. The van der Waals surface area contributed by atoms with E-state index in [1.807, 2.05) is 0 Å². The first-order chi connectivity index (χ1) is 5.59. The van der Waals surface area contributed by atoms with Crippen molar-refractivity contribution in [2.45, 2.75) is 13.0 Å². The first-order valence-corrected chi connectivity index (χ1v) is 3.49. The van der Waals surface area contributed by atoms with E-state index >= 15 is 0 Å². The molecular weight excluding hydrogens is 158 g/mol. The summed E-state index contributed by atoms with van der Waals surface area (Å²) in [6.45, 7) is 1.35. The summed E-state index contributed by atoms with van der Waals surface area (Å²) < 4.78 is 0. The van der Waals surface area contributed by atoms with Crippen LogP contribution in [0.4, 0.5) is 0 Å². The van der Waals surface area contributed by atoms with Crippen LogP contribution in [0.25, 0.3) is 0 Å². The number of amides is 1. The summed E-state index contributed by atoms with van der Waals surface area (Å²) in [5.41, 5.74) is 0.415. The Hall–Kier alpha value is -1.42. The number of aliphatic hydroxyl groups is 1. The highest BCUT2D eigenvalue weighted by Gasteiger charge is 2.14. The number of carbonyl (C=O) groups excluding carboxylic acids is 2. The predicted molar refractivity (Wildman–Crippen MR) is 42.1 cm³/mol. The van der Waals surface area contributed by atoms with Crippen LogP contribution in [0.5, 0.6) is 0 Å². The molecule has 0 spiro atoms. The van der Waals surface area contributed by atoms with Gasteiger partial charge in [-0.1, -0.05) is 0 Å². The van der Waals surface area contributed by atoms with Crippen LogP contribution in [-0.4, -0.2) is 22.9 Å². The van der Waals surface area contributed by atoms with Gasteiger partial charge in [-0.2, -0.15) is 0 Å². The number of hydrogen-bond acceptors (Lipinski definition) is 3. The highest BCUT2D eigenvalue weighted by molar-refractivity contribution is 5.97. The molecule has 1 atom stereocenters. The van der Waals surface area contributed by atoms with E-state index in [1.165, 1.54) is 25.2 Å². The largest absolute Gasteiger partial charge is 0.381 e. The van der Waals surface area contributed by atoms with Gasteiger partial charge in [0.15, 0.2) is 5.78 Å². The normalized spacial score (nSPS) is 22.0. The number of rotatable bonds is 1. The molecule has 0 aromatic heterocycles. The summed E-state index contributed by atoms with van der Waals surface area (Å²) in [5.74, 6) is -0.656. The van der Waals surface area contributed by atoms with E-state index in [4.69, 9.17) is 5.11 Å². The molecule has 0 aliphatic heterocycles. The van der Waals surface area contributed by atoms with E-state index in [1.54, 1.807) is 0 Å². The maximum Gasteiger partial charge on any atom is 0.221 e. The van der Waals surface area contributed by atoms with Crippen molar-refractivity contribution in [3.05, 3.63) is 23.9 Å². The van der Waals surface area contributed by atoms with Gasteiger partial charge in [0, 0.05) is 18.7 Å². The molecule has 64 valence electrons. The van der Waals surface area contributed by atoms with Gasteiger partial charge in [0.25, 0.3) is 0 Å². The Morgan fingerprint density at radius 2 is 2.33 bits per heavy atom. The topological polar surface area (TPSA) is 66.4 Å². The predicted octanol–water partition coefficient (Wildman–Crippen LogP) is -0.494. The summed E-state index contributed by atoms with van der Waals surface area (Å²) in [5, 5.41) is 11.4. The van der Waals surface area contributed by atoms with E-state index in [2.05, 4.69) is 5.32 Å². The Kier molecular flexibility index (Phi) is 2.40. The monoisotopic (exact) mass is 167 g/mol. The van der Waals surface area contributed by atoms with Crippen LogP contribution in [-0.2, 0) is 9.59 Å². The Labute approximate surface area is 69.6 Å². The molecule has 0 saturated heterocycles. The van der Waals surface area contributed by atoms with Crippen molar-refractivity contribution in [2.24, 2.45) is 0 Å². The Balaban J connectivity index is 2.70. The molecule has 1 aliphatic carbocycles. The SMILES string of the molecule is CC(=O)NC1=CC(=O)C(O)C=C1. The quantitative estimate of drug-likeness (QED) is 0.553. The van der Waals surface area contributed by atoms with Gasteiger partial charge < -0.3 is 10.4 Å². The fourth-order valence-electron chi connectivity index (χ4n) is 0.857. The minimum absolute atomic E-state index is 0.241. The summed E-state index contributed by atoms with van der Waals surface area (Å²) in [7, 11) is 0. The van der Waals surface area contributed by atoms with Gasteiger partial charge in [-0.05, 0) is 12.2 Å². The van der Waals surface area contributed by atoms with Crippen LogP contribution in [0.1, 0.15) is 6.92 Å². The minimum atomic E-state index is -1.07. The fraction of sp³-hybridized carbons (Fsp3) is 0.250. The zero-order valence-corrected chi connectivity index (χ0v) is 6.57. The van der Waals surface area contributed by atoms with Crippen LogP contribution >= 0.6 is 0 Å². The molecule has 1 amide bonds. The Bertz CT molecular complexity index is 278. The summed E-state index contributed by atoms with van der Waals surface area (Å²) in [6.07, 6.45) is 2.95. The molecule has 2 N–H and O–H groups in total. The van der Waals surface area contributed by atoms with Gasteiger partial charge in [0.05, 0.1) is 0 Å². The lowest BCUT2D eigenvalue weighted by Gasteiger charge is -2.09. The van der Waals surface area contributed by atoms with E-state index in [0.717, 1.165) is 0 Å². The molecule has 1 rings (SSSR count). The second-order valence-corrected chi connectivity index (χ2v) is 2.49. The molecule has 0 bridgehead atoms. The molecule has 0 aromatic carbocycles. The van der Waals surface area contributed by atoms with Gasteiger partial charge in [-0.25, -0.2) is 0 Å². The maximum atomic E-state index is 10.9. The molecule has 0 fully saturated rings. The van der Waals surface area contributed by atoms with Crippen molar-refractivity contribution in [1.29, 1.82) is 0 Å². The van der Waals surface area contributed by atoms with Crippen molar-refractivity contribution in [3.63, 3.8) is 0 Å². The summed E-state index contributed by atoms with van der Waals surface area (Å²) in [4.78, 5) is 21.4. The van der Waals surface area contributed by atoms with Crippen LogP contribution in [0.3, 0.4) is 0 Å². The molecule has 12 heavy (non-hydrogen) atoms. The summed E-state index contributed by atoms with van der Waals surface area (Å²) >= 11 is 0. The number of carbonyl (C=O) groups is 2. The Morgan fingerprint density at radius 3 is 2.83 bits per heavy atom. The Morgan fingerprint density at radius 1 is 1.67 bits per heavy atom.